The molecule has 1 aliphatic heterocycles. The first-order chi connectivity index (χ1) is 17.5. The zero-order valence-electron chi connectivity index (χ0n) is 20.4. The number of nitrogens with one attached hydrogen (secondary N) is 1. The second-order valence-electron chi connectivity index (χ2n) is 8.83. The second kappa shape index (κ2) is 12.2. The Balaban J connectivity index is 1.57. The van der Waals surface area contributed by atoms with Crippen molar-refractivity contribution in [2.24, 2.45) is 0 Å². The van der Waals surface area contributed by atoms with Gasteiger partial charge in [-0.05, 0) is 53.8 Å². The van der Waals surface area contributed by atoms with Gasteiger partial charge in [0.25, 0.3) is 0 Å². The Bertz CT molecular complexity index is 1170. The van der Waals surface area contributed by atoms with Crippen molar-refractivity contribution in [2.75, 3.05) is 13.3 Å². The van der Waals surface area contributed by atoms with E-state index in [1.54, 1.807) is 17.0 Å². The molecule has 0 fully saturated rings. The molecule has 36 heavy (non-hydrogen) atoms. The highest BCUT2D eigenvalue weighted by molar-refractivity contribution is 5.88. The normalized spacial score (nSPS) is 12.7. The molecule has 1 N–H and O–H groups in total. The zero-order chi connectivity index (χ0) is 25.3. The van der Waals surface area contributed by atoms with Crippen molar-refractivity contribution in [1.29, 1.82) is 0 Å². The van der Waals surface area contributed by atoms with Gasteiger partial charge in [0, 0.05) is 25.9 Å². The molecule has 6 nitrogen and oxygen atoms in total. The molecule has 1 atom stereocenters. The molecule has 0 aromatic heterocycles. The number of ether oxygens (including phenoxy) is 2. The number of fused-ring (bicyclic) bond motifs is 1. The predicted molar refractivity (Wildman–Crippen MR) is 135 cm³/mol. The van der Waals surface area contributed by atoms with E-state index in [2.05, 4.69) is 5.32 Å². The van der Waals surface area contributed by atoms with E-state index in [1.807, 2.05) is 55.5 Å². The van der Waals surface area contributed by atoms with Crippen LogP contribution in [0, 0.1) is 5.82 Å². The van der Waals surface area contributed by atoms with Crippen LogP contribution < -0.4 is 14.8 Å². The van der Waals surface area contributed by atoms with Crippen LogP contribution in [0.25, 0.3) is 0 Å². The van der Waals surface area contributed by atoms with Crippen LogP contribution in [-0.4, -0.2) is 36.1 Å². The van der Waals surface area contributed by atoms with E-state index in [9.17, 15) is 14.0 Å². The fourth-order valence-corrected chi connectivity index (χ4v) is 4.20. The summed E-state index contributed by atoms with van der Waals surface area (Å²) in [5, 5.41) is 2.96. The number of amides is 2. The highest BCUT2D eigenvalue weighted by Gasteiger charge is 2.30. The van der Waals surface area contributed by atoms with Gasteiger partial charge in [-0.15, -0.1) is 0 Å². The van der Waals surface area contributed by atoms with Crippen molar-refractivity contribution < 1.29 is 23.5 Å². The van der Waals surface area contributed by atoms with Gasteiger partial charge < -0.3 is 19.7 Å². The largest absolute Gasteiger partial charge is 0.454 e. The zero-order valence-corrected chi connectivity index (χ0v) is 20.4. The molecule has 0 unspecified atom stereocenters. The molecule has 3 aromatic rings. The third kappa shape index (κ3) is 6.62. The third-order valence-electron chi connectivity index (χ3n) is 6.15. The first kappa shape index (κ1) is 25.2. The highest BCUT2D eigenvalue weighted by atomic mass is 19.1. The van der Waals surface area contributed by atoms with Crippen LogP contribution in [0.3, 0.4) is 0 Å². The summed E-state index contributed by atoms with van der Waals surface area (Å²) < 4.78 is 24.4. The summed E-state index contributed by atoms with van der Waals surface area (Å²) in [6.45, 7) is 2.91. The number of rotatable bonds is 11. The lowest BCUT2D eigenvalue weighted by Crippen LogP contribution is -2.50. The molecular weight excluding hydrogens is 459 g/mol. The summed E-state index contributed by atoms with van der Waals surface area (Å²) in [6, 6.07) is 20.6. The quantitative estimate of drug-likeness (QED) is 0.425. The van der Waals surface area contributed by atoms with Crippen LogP contribution >= 0.6 is 0 Å². The molecule has 0 spiro atoms. The van der Waals surface area contributed by atoms with Crippen LogP contribution in [0.15, 0.2) is 72.8 Å². The molecule has 188 valence electrons. The fourth-order valence-electron chi connectivity index (χ4n) is 4.20. The summed E-state index contributed by atoms with van der Waals surface area (Å²) in [5.74, 6) is 0.673. The van der Waals surface area contributed by atoms with E-state index >= 15 is 0 Å². The summed E-state index contributed by atoms with van der Waals surface area (Å²) in [6.07, 6.45) is 1.88. The molecule has 1 heterocycles. The van der Waals surface area contributed by atoms with E-state index < -0.39 is 6.04 Å². The maximum absolute atomic E-state index is 13.6. The molecule has 0 saturated heterocycles. The summed E-state index contributed by atoms with van der Waals surface area (Å²) in [5.41, 5.74) is 2.67. The molecule has 1 aliphatic rings. The number of carbonyl (C=O) groups excluding carboxylic acids is 2. The van der Waals surface area contributed by atoms with Crippen molar-refractivity contribution in [2.45, 2.75) is 45.2 Å². The number of hydrogen-bond donors (Lipinski definition) is 1. The number of halogens is 1. The van der Waals surface area contributed by atoms with Crippen molar-refractivity contribution in [3.8, 4) is 11.5 Å². The maximum atomic E-state index is 13.6. The minimum atomic E-state index is -0.701. The predicted octanol–water partition coefficient (Wildman–Crippen LogP) is 4.65. The maximum Gasteiger partial charge on any atom is 0.243 e. The highest BCUT2D eigenvalue weighted by Crippen LogP contribution is 2.33. The van der Waals surface area contributed by atoms with E-state index in [0.29, 0.717) is 30.9 Å². The molecule has 0 saturated carbocycles. The van der Waals surface area contributed by atoms with Gasteiger partial charge in [-0.2, -0.15) is 0 Å². The van der Waals surface area contributed by atoms with Gasteiger partial charge in [0.2, 0.25) is 18.6 Å². The Kier molecular flexibility index (Phi) is 8.55. The molecule has 0 bridgehead atoms. The lowest BCUT2D eigenvalue weighted by atomic mass is 10.0. The first-order valence-corrected chi connectivity index (χ1v) is 12.3. The average Bonchev–Trinajstić information content (AvgIpc) is 3.37. The third-order valence-corrected chi connectivity index (χ3v) is 6.15. The Morgan fingerprint density at radius 3 is 2.42 bits per heavy atom. The Morgan fingerprint density at radius 1 is 0.944 bits per heavy atom. The van der Waals surface area contributed by atoms with Gasteiger partial charge in [-0.1, -0.05) is 55.5 Å². The van der Waals surface area contributed by atoms with Crippen molar-refractivity contribution in [3.63, 3.8) is 0 Å². The van der Waals surface area contributed by atoms with Crippen molar-refractivity contribution in [3.05, 3.63) is 95.3 Å². The van der Waals surface area contributed by atoms with Crippen LogP contribution in [0.5, 0.6) is 11.5 Å². The van der Waals surface area contributed by atoms with E-state index in [4.69, 9.17) is 9.47 Å². The molecule has 2 amide bonds. The number of aryl methyl sites for hydroxylation is 1. The summed E-state index contributed by atoms with van der Waals surface area (Å²) >= 11 is 0. The average molecular weight is 491 g/mol. The Labute approximate surface area is 211 Å². The lowest BCUT2D eigenvalue weighted by Gasteiger charge is -2.31. The monoisotopic (exact) mass is 490 g/mol. The standard InChI is InChI=1S/C29H31FN2O4/c1-2-16-31-29(34)25(17-21-6-4-3-5-7-21)32(19-23-8-12-24(30)13-9-23)28(33)15-11-22-10-14-26-27(18-22)36-20-35-26/h3-10,12-14,18,25H,2,11,15-17,19-20H2,1H3,(H,31,34)/t25-/m1/s1. The van der Waals surface area contributed by atoms with Gasteiger partial charge in [0.05, 0.1) is 0 Å². The van der Waals surface area contributed by atoms with Gasteiger partial charge in [-0.25, -0.2) is 4.39 Å². The fraction of sp³-hybridized carbons (Fsp3) is 0.310. The van der Waals surface area contributed by atoms with E-state index in [1.165, 1.54) is 12.1 Å². The minimum Gasteiger partial charge on any atom is -0.454 e. The minimum absolute atomic E-state index is 0.149. The van der Waals surface area contributed by atoms with Crippen LogP contribution in [0.4, 0.5) is 4.39 Å². The first-order valence-electron chi connectivity index (χ1n) is 12.3. The van der Waals surface area contributed by atoms with E-state index in [-0.39, 0.29) is 37.4 Å². The number of hydrogen-bond acceptors (Lipinski definition) is 4. The second-order valence-corrected chi connectivity index (χ2v) is 8.83. The van der Waals surface area contributed by atoms with Gasteiger partial charge in [-0.3, -0.25) is 9.59 Å². The van der Waals surface area contributed by atoms with Gasteiger partial charge in [0.15, 0.2) is 11.5 Å². The molecular formula is C29H31FN2O4. The molecule has 3 aromatic carbocycles. The topological polar surface area (TPSA) is 67.9 Å². The smallest absolute Gasteiger partial charge is 0.243 e. The van der Waals surface area contributed by atoms with E-state index in [0.717, 1.165) is 23.1 Å². The van der Waals surface area contributed by atoms with Crippen molar-refractivity contribution in [1.82, 2.24) is 10.2 Å². The summed E-state index contributed by atoms with van der Waals surface area (Å²) in [7, 11) is 0. The molecule has 0 aliphatic carbocycles. The van der Waals surface area contributed by atoms with Crippen LogP contribution in [0.2, 0.25) is 0 Å². The Hall–Kier alpha value is -3.87. The van der Waals surface area contributed by atoms with Gasteiger partial charge in [0.1, 0.15) is 11.9 Å². The molecule has 0 radical (unpaired) electrons. The Morgan fingerprint density at radius 2 is 1.67 bits per heavy atom. The molecule has 7 heteroatoms. The molecule has 4 rings (SSSR count). The summed E-state index contributed by atoms with van der Waals surface area (Å²) in [4.78, 5) is 28.6. The SMILES string of the molecule is CCCNC(=O)[C@@H](Cc1ccccc1)N(Cc1ccc(F)cc1)C(=O)CCc1ccc2c(c1)OCO2. The number of nitrogens with zero attached hydrogens (tertiary/aromatic N) is 1. The van der Waals surface area contributed by atoms with Crippen molar-refractivity contribution >= 4 is 11.8 Å². The van der Waals surface area contributed by atoms with Gasteiger partial charge >= 0.3 is 0 Å². The number of benzene rings is 3. The van der Waals surface area contributed by atoms with Crippen LogP contribution in [-0.2, 0) is 29.0 Å². The lowest BCUT2D eigenvalue weighted by molar-refractivity contribution is -0.141. The van der Waals surface area contributed by atoms with Crippen LogP contribution in [0.1, 0.15) is 36.5 Å². The number of carbonyl (C=O) groups is 2.